The lowest BCUT2D eigenvalue weighted by Gasteiger charge is -2.09. The maximum absolute atomic E-state index is 13.2. The van der Waals surface area contributed by atoms with Crippen LogP contribution in [0.1, 0.15) is 15.9 Å². The van der Waals surface area contributed by atoms with Crippen LogP contribution in [0.5, 0.6) is 0 Å². The lowest BCUT2D eigenvalue weighted by Crippen LogP contribution is -2.15. The van der Waals surface area contributed by atoms with Gasteiger partial charge in [-0.3, -0.25) is 4.79 Å². The van der Waals surface area contributed by atoms with E-state index in [-0.39, 0.29) is 22.5 Å². The number of halogens is 3. The molecule has 4 nitrogen and oxygen atoms in total. The molecule has 0 aliphatic carbocycles. The average Bonchev–Trinajstić information content (AvgIpc) is 2.43. The van der Waals surface area contributed by atoms with Crippen LogP contribution in [0, 0.1) is 23.0 Å². The van der Waals surface area contributed by atoms with Gasteiger partial charge in [-0.2, -0.15) is 5.26 Å². The number of hydrogen-bond donors (Lipinski definition) is 2. The summed E-state index contributed by atoms with van der Waals surface area (Å²) < 4.78 is 26.2. The summed E-state index contributed by atoms with van der Waals surface area (Å²) in [5, 5.41) is 11.6. The molecule has 106 valence electrons. The average molecular weight is 308 g/mol. The first kappa shape index (κ1) is 14.8. The van der Waals surface area contributed by atoms with E-state index in [0.717, 1.165) is 0 Å². The van der Waals surface area contributed by atoms with E-state index in [1.807, 2.05) is 6.07 Å². The molecule has 0 fully saturated rings. The number of carbonyl (C=O) groups is 1. The first-order valence-corrected chi connectivity index (χ1v) is 6.05. The summed E-state index contributed by atoms with van der Waals surface area (Å²) in [6.45, 7) is 0. The smallest absolute Gasteiger partial charge is 0.257 e. The highest BCUT2D eigenvalue weighted by Crippen LogP contribution is 2.23. The van der Waals surface area contributed by atoms with Crippen LogP contribution in [0.3, 0.4) is 0 Å². The Labute approximate surface area is 123 Å². The minimum atomic E-state index is -1.19. The molecule has 0 atom stereocenters. The zero-order valence-corrected chi connectivity index (χ0v) is 11.2. The van der Waals surface area contributed by atoms with Crippen molar-refractivity contribution >= 4 is 28.9 Å². The number of amides is 1. The Morgan fingerprint density at radius 3 is 2.57 bits per heavy atom. The van der Waals surface area contributed by atoms with Gasteiger partial charge in [0.25, 0.3) is 5.91 Å². The van der Waals surface area contributed by atoms with E-state index >= 15 is 0 Å². The van der Waals surface area contributed by atoms with Crippen molar-refractivity contribution in [1.29, 1.82) is 5.26 Å². The highest BCUT2D eigenvalue weighted by Gasteiger charge is 2.16. The molecule has 0 spiro atoms. The van der Waals surface area contributed by atoms with E-state index in [1.54, 1.807) is 0 Å². The first-order chi connectivity index (χ1) is 9.92. The second-order valence-electron chi connectivity index (χ2n) is 4.11. The van der Waals surface area contributed by atoms with Crippen molar-refractivity contribution in [3.8, 4) is 6.07 Å². The van der Waals surface area contributed by atoms with Gasteiger partial charge in [0, 0.05) is 16.8 Å². The summed E-state index contributed by atoms with van der Waals surface area (Å²) in [6, 6.07) is 7.56. The molecule has 0 aromatic heterocycles. The minimum absolute atomic E-state index is 0.152. The number of nitrogens with one attached hydrogen (secondary N) is 1. The highest BCUT2D eigenvalue weighted by atomic mass is 35.5. The summed E-state index contributed by atoms with van der Waals surface area (Å²) in [6.07, 6.45) is 0. The van der Waals surface area contributed by atoms with Gasteiger partial charge in [0.15, 0.2) is 11.6 Å². The number of nitriles is 1. The number of nitrogens with two attached hydrogens (primary N) is 1. The third kappa shape index (κ3) is 3.09. The zero-order chi connectivity index (χ0) is 15.6. The second-order valence-corrected chi connectivity index (χ2v) is 4.55. The Hall–Kier alpha value is -2.65. The van der Waals surface area contributed by atoms with E-state index < -0.39 is 17.5 Å². The van der Waals surface area contributed by atoms with Gasteiger partial charge in [0.05, 0.1) is 16.8 Å². The number of rotatable bonds is 2. The number of hydrogen-bond acceptors (Lipinski definition) is 3. The van der Waals surface area contributed by atoms with E-state index in [9.17, 15) is 13.6 Å². The van der Waals surface area contributed by atoms with Crippen LogP contribution in [0.4, 0.5) is 20.2 Å². The standard InChI is InChI=1S/C14H8ClF2N3O/c15-8-2-1-7(6-18)13(3-8)20-14(21)9-4-10(16)11(17)5-12(9)19/h1-5H,19H2,(H,20,21). The molecule has 0 heterocycles. The third-order valence-electron chi connectivity index (χ3n) is 2.69. The molecule has 0 bridgehead atoms. The molecule has 3 N–H and O–H groups in total. The highest BCUT2D eigenvalue weighted by molar-refractivity contribution is 6.31. The summed E-state index contributed by atoms with van der Waals surface area (Å²) in [5.74, 6) is -3.12. The van der Waals surface area contributed by atoms with E-state index in [1.165, 1.54) is 18.2 Å². The maximum atomic E-state index is 13.2. The van der Waals surface area contributed by atoms with Crippen LogP contribution in [-0.2, 0) is 0 Å². The summed E-state index contributed by atoms with van der Waals surface area (Å²) in [7, 11) is 0. The lowest BCUT2D eigenvalue weighted by molar-refractivity contribution is 0.102. The van der Waals surface area contributed by atoms with Crippen LogP contribution >= 0.6 is 11.6 Å². The fourth-order valence-corrected chi connectivity index (χ4v) is 1.84. The lowest BCUT2D eigenvalue weighted by atomic mass is 10.1. The van der Waals surface area contributed by atoms with Gasteiger partial charge in [-0.25, -0.2) is 8.78 Å². The normalized spacial score (nSPS) is 10.0. The number of nitrogen functional groups attached to an aromatic ring is 1. The molecule has 0 saturated carbocycles. The van der Waals surface area contributed by atoms with Crippen molar-refractivity contribution in [2.75, 3.05) is 11.1 Å². The zero-order valence-electron chi connectivity index (χ0n) is 10.5. The van der Waals surface area contributed by atoms with Crippen molar-refractivity contribution in [2.24, 2.45) is 0 Å². The molecule has 0 aliphatic heterocycles. The van der Waals surface area contributed by atoms with Crippen molar-refractivity contribution in [3.05, 3.63) is 58.1 Å². The quantitative estimate of drug-likeness (QED) is 0.835. The van der Waals surface area contributed by atoms with Gasteiger partial charge in [0.1, 0.15) is 6.07 Å². The number of carbonyl (C=O) groups excluding carboxylic acids is 1. The molecule has 1 amide bonds. The van der Waals surface area contributed by atoms with E-state index in [0.29, 0.717) is 17.2 Å². The molecule has 2 aromatic carbocycles. The Kier molecular flexibility index (Phi) is 4.05. The summed E-state index contributed by atoms with van der Waals surface area (Å²) in [5.41, 5.74) is 5.36. The fraction of sp³-hybridized carbons (Fsp3) is 0. The van der Waals surface area contributed by atoms with Gasteiger partial charge >= 0.3 is 0 Å². The molecule has 0 saturated heterocycles. The molecule has 0 radical (unpaired) electrons. The Balaban J connectivity index is 2.37. The molecule has 21 heavy (non-hydrogen) atoms. The van der Waals surface area contributed by atoms with Crippen LogP contribution in [0.2, 0.25) is 5.02 Å². The molecule has 0 unspecified atom stereocenters. The molecule has 7 heteroatoms. The molecule has 2 aromatic rings. The molecular weight excluding hydrogens is 300 g/mol. The predicted octanol–water partition coefficient (Wildman–Crippen LogP) is 3.32. The molecular formula is C14H8ClF2N3O. The second kappa shape index (κ2) is 5.77. The van der Waals surface area contributed by atoms with Crippen LogP contribution in [0.25, 0.3) is 0 Å². The first-order valence-electron chi connectivity index (χ1n) is 5.68. The van der Waals surface area contributed by atoms with Crippen molar-refractivity contribution in [3.63, 3.8) is 0 Å². The molecule has 0 aliphatic rings. The van der Waals surface area contributed by atoms with Gasteiger partial charge in [-0.15, -0.1) is 0 Å². The van der Waals surface area contributed by atoms with Gasteiger partial charge in [0.2, 0.25) is 0 Å². The summed E-state index contributed by atoms with van der Waals surface area (Å²) in [4.78, 5) is 12.0. The Bertz CT molecular complexity index is 772. The molecule has 2 rings (SSSR count). The topological polar surface area (TPSA) is 78.9 Å². The van der Waals surface area contributed by atoms with E-state index in [2.05, 4.69) is 5.32 Å². The van der Waals surface area contributed by atoms with Gasteiger partial charge in [-0.05, 0) is 24.3 Å². The Morgan fingerprint density at radius 1 is 1.24 bits per heavy atom. The van der Waals surface area contributed by atoms with Crippen molar-refractivity contribution in [1.82, 2.24) is 0 Å². The summed E-state index contributed by atoms with van der Waals surface area (Å²) >= 11 is 5.79. The van der Waals surface area contributed by atoms with Crippen molar-refractivity contribution in [2.45, 2.75) is 0 Å². The minimum Gasteiger partial charge on any atom is -0.398 e. The maximum Gasteiger partial charge on any atom is 0.257 e. The van der Waals surface area contributed by atoms with Crippen LogP contribution in [-0.4, -0.2) is 5.91 Å². The van der Waals surface area contributed by atoms with Crippen LogP contribution in [0.15, 0.2) is 30.3 Å². The SMILES string of the molecule is N#Cc1ccc(Cl)cc1NC(=O)c1cc(F)c(F)cc1N. The van der Waals surface area contributed by atoms with E-state index in [4.69, 9.17) is 22.6 Å². The van der Waals surface area contributed by atoms with Crippen molar-refractivity contribution < 1.29 is 13.6 Å². The Morgan fingerprint density at radius 2 is 1.90 bits per heavy atom. The number of anilines is 2. The van der Waals surface area contributed by atoms with Gasteiger partial charge in [-0.1, -0.05) is 11.6 Å². The third-order valence-corrected chi connectivity index (χ3v) is 2.92. The number of benzene rings is 2. The largest absolute Gasteiger partial charge is 0.398 e. The fourth-order valence-electron chi connectivity index (χ4n) is 1.67. The van der Waals surface area contributed by atoms with Crippen LogP contribution < -0.4 is 11.1 Å². The monoisotopic (exact) mass is 307 g/mol. The van der Waals surface area contributed by atoms with Gasteiger partial charge < -0.3 is 11.1 Å². The number of nitrogens with zero attached hydrogens (tertiary/aromatic N) is 1. The predicted molar refractivity (Wildman–Crippen MR) is 74.9 cm³/mol.